The molecule has 1 N–H and O–H groups in total. The van der Waals surface area contributed by atoms with E-state index in [0.717, 1.165) is 18.7 Å². The van der Waals surface area contributed by atoms with Crippen LogP contribution in [0.3, 0.4) is 0 Å². The molecule has 120 valence electrons. The first kappa shape index (κ1) is 18.2. The summed E-state index contributed by atoms with van der Waals surface area (Å²) in [6.07, 6.45) is -1.44. The van der Waals surface area contributed by atoms with Gasteiger partial charge in [-0.3, -0.25) is 0 Å². The van der Waals surface area contributed by atoms with E-state index < -0.39 is 11.7 Å². The van der Waals surface area contributed by atoms with E-state index >= 15 is 0 Å². The minimum absolute atomic E-state index is 0.248. The molecule has 1 rings (SSSR count). The normalized spacial score (nSPS) is 11.7. The van der Waals surface area contributed by atoms with Gasteiger partial charge in [0.05, 0.1) is 5.56 Å². The Balaban J connectivity index is 2.96. The van der Waals surface area contributed by atoms with Gasteiger partial charge in [0.25, 0.3) is 0 Å². The fourth-order valence-electron chi connectivity index (χ4n) is 1.98. The molecular formula is C15H23F3N2S. The van der Waals surface area contributed by atoms with Crippen LogP contribution in [0.15, 0.2) is 18.2 Å². The lowest BCUT2D eigenvalue weighted by Crippen LogP contribution is -2.22. The SMILES string of the molecule is CCCNCc1ccc(N(C)CCSC)cc1C(F)(F)F. The predicted octanol–water partition coefficient (Wildman–Crippen LogP) is 4.00. The summed E-state index contributed by atoms with van der Waals surface area (Å²) in [6, 6.07) is 4.60. The second kappa shape index (κ2) is 8.54. The van der Waals surface area contributed by atoms with E-state index in [1.807, 2.05) is 25.1 Å². The summed E-state index contributed by atoms with van der Waals surface area (Å²) in [5.74, 6) is 0.887. The number of halogens is 3. The fourth-order valence-corrected chi connectivity index (χ4v) is 2.43. The third kappa shape index (κ3) is 5.79. The lowest BCUT2D eigenvalue weighted by Gasteiger charge is -2.22. The molecule has 0 spiro atoms. The van der Waals surface area contributed by atoms with Crippen molar-refractivity contribution in [2.45, 2.75) is 26.1 Å². The minimum Gasteiger partial charge on any atom is -0.374 e. The van der Waals surface area contributed by atoms with Crippen LogP contribution in [0.4, 0.5) is 18.9 Å². The Bertz CT molecular complexity index is 435. The molecule has 0 aliphatic heterocycles. The molecule has 0 atom stereocenters. The number of nitrogens with zero attached hydrogens (tertiary/aromatic N) is 1. The number of anilines is 1. The van der Waals surface area contributed by atoms with Crippen LogP contribution in [0, 0.1) is 0 Å². The average molecular weight is 320 g/mol. The number of benzene rings is 1. The summed E-state index contributed by atoms with van der Waals surface area (Å²) in [6.45, 7) is 3.68. The van der Waals surface area contributed by atoms with Gasteiger partial charge in [-0.15, -0.1) is 0 Å². The maximum Gasteiger partial charge on any atom is 0.416 e. The highest BCUT2D eigenvalue weighted by atomic mass is 32.2. The summed E-state index contributed by atoms with van der Waals surface area (Å²) in [4.78, 5) is 1.86. The molecule has 6 heteroatoms. The largest absolute Gasteiger partial charge is 0.416 e. The van der Waals surface area contributed by atoms with Gasteiger partial charge in [-0.1, -0.05) is 13.0 Å². The molecule has 0 amide bonds. The first-order chi connectivity index (χ1) is 9.90. The molecule has 21 heavy (non-hydrogen) atoms. The number of hydrogen-bond donors (Lipinski definition) is 1. The van der Waals surface area contributed by atoms with Crippen molar-refractivity contribution in [2.24, 2.45) is 0 Å². The molecule has 0 bridgehead atoms. The van der Waals surface area contributed by atoms with Gasteiger partial charge in [-0.25, -0.2) is 0 Å². The van der Waals surface area contributed by atoms with Crippen LogP contribution in [0.25, 0.3) is 0 Å². The van der Waals surface area contributed by atoms with Gasteiger partial charge >= 0.3 is 6.18 Å². The number of alkyl halides is 3. The molecule has 0 aliphatic carbocycles. The molecule has 1 aromatic rings. The van der Waals surface area contributed by atoms with Crippen molar-refractivity contribution in [3.63, 3.8) is 0 Å². The third-order valence-corrected chi connectivity index (χ3v) is 3.80. The molecule has 0 heterocycles. The zero-order valence-corrected chi connectivity index (χ0v) is 13.6. The summed E-state index contributed by atoms with van der Waals surface area (Å²) in [5, 5.41) is 3.03. The molecule has 0 radical (unpaired) electrons. The van der Waals surface area contributed by atoms with Crippen LogP contribution in [-0.2, 0) is 12.7 Å². The topological polar surface area (TPSA) is 15.3 Å². The van der Waals surface area contributed by atoms with Crippen LogP contribution in [0.2, 0.25) is 0 Å². The molecule has 1 aromatic carbocycles. The number of nitrogens with one attached hydrogen (secondary N) is 1. The Morgan fingerprint density at radius 2 is 2.00 bits per heavy atom. The summed E-state index contributed by atoms with van der Waals surface area (Å²) < 4.78 is 39.6. The van der Waals surface area contributed by atoms with Crippen LogP contribution in [0.1, 0.15) is 24.5 Å². The van der Waals surface area contributed by atoms with E-state index in [0.29, 0.717) is 17.8 Å². The second-order valence-corrected chi connectivity index (χ2v) is 5.92. The number of rotatable bonds is 8. The monoisotopic (exact) mass is 320 g/mol. The maximum absolute atomic E-state index is 13.2. The molecule has 0 aliphatic rings. The second-order valence-electron chi connectivity index (χ2n) is 4.93. The van der Waals surface area contributed by atoms with Crippen molar-refractivity contribution in [3.8, 4) is 0 Å². The molecule has 2 nitrogen and oxygen atoms in total. The van der Waals surface area contributed by atoms with Gasteiger partial charge in [-0.2, -0.15) is 24.9 Å². The summed E-state index contributed by atoms with van der Waals surface area (Å²) >= 11 is 1.68. The zero-order valence-electron chi connectivity index (χ0n) is 12.8. The highest BCUT2D eigenvalue weighted by Gasteiger charge is 2.33. The highest BCUT2D eigenvalue weighted by molar-refractivity contribution is 7.98. The standard InChI is InChI=1S/C15H23F3N2S/c1-4-7-19-11-12-5-6-13(20(2)8-9-21-3)10-14(12)15(16,17)18/h5-6,10,19H,4,7-9,11H2,1-3H3. The number of hydrogen-bond acceptors (Lipinski definition) is 3. The Morgan fingerprint density at radius 1 is 1.29 bits per heavy atom. The van der Waals surface area contributed by atoms with E-state index in [1.54, 1.807) is 23.9 Å². The van der Waals surface area contributed by atoms with Crippen LogP contribution < -0.4 is 10.2 Å². The van der Waals surface area contributed by atoms with Crippen LogP contribution in [0.5, 0.6) is 0 Å². The van der Waals surface area contributed by atoms with Gasteiger partial charge in [0.1, 0.15) is 0 Å². The van der Waals surface area contributed by atoms with E-state index in [9.17, 15) is 13.2 Å². The fraction of sp³-hybridized carbons (Fsp3) is 0.600. The lowest BCUT2D eigenvalue weighted by atomic mass is 10.1. The highest BCUT2D eigenvalue weighted by Crippen LogP contribution is 2.34. The molecular weight excluding hydrogens is 297 g/mol. The average Bonchev–Trinajstić information content (AvgIpc) is 2.44. The predicted molar refractivity (Wildman–Crippen MR) is 85.1 cm³/mol. The van der Waals surface area contributed by atoms with E-state index in [2.05, 4.69) is 5.32 Å². The van der Waals surface area contributed by atoms with Crippen LogP contribution in [-0.4, -0.2) is 32.1 Å². The van der Waals surface area contributed by atoms with Gasteiger partial charge in [0.2, 0.25) is 0 Å². The van der Waals surface area contributed by atoms with Gasteiger partial charge in [0.15, 0.2) is 0 Å². The molecule has 0 saturated carbocycles. The lowest BCUT2D eigenvalue weighted by molar-refractivity contribution is -0.138. The summed E-state index contributed by atoms with van der Waals surface area (Å²) in [5.41, 5.74) is 0.369. The molecule has 0 unspecified atom stereocenters. The minimum atomic E-state index is -4.32. The smallest absolute Gasteiger partial charge is 0.374 e. The van der Waals surface area contributed by atoms with Crippen molar-refractivity contribution in [1.82, 2.24) is 5.32 Å². The number of thioether (sulfide) groups is 1. The van der Waals surface area contributed by atoms with E-state index in [1.165, 1.54) is 6.07 Å². The Kier molecular flexibility index (Phi) is 7.39. The van der Waals surface area contributed by atoms with Crippen molar-refractivity contribution >= 4 is 17.4 Å². The Morgan fingerprint density at radius 3 is 2.57 bits per heavy atom. The molecule has 0 fully saturated rings. The zero-order chi connectivity index (χ0) is 15.9. The summed E-state index contributed by atoms with van der Waals surface area (Å²) in [7, 11) is 1.82. The van der Waals surface area contributed by atoms with Crippen molar-refractivity contribution < 1.29 is 13.2 Å². The van der Waals surface area contributed by atoms with Gasteiger partial charge in [-0.05, 0) is 36.9 Å². The third-order valence-electron chi connectivity index (χ3n) is 3.21. The molecule has 0 aromatic heterocycles. The quantitative estimate of drug-likeness (QED) is 0.729. The first-order valence-electron chi connectivity index (χ1n) is 7.01. The van der Waals surface area contributed by atoms with Crippen molar-refractivity contribution in [1.29, 1.82) is 0 Å². The maximum atomic E-state index is 13.2. The van der Waals surface area contributed by atoms with Crippen molar-refractivity contribution in [2.75, 3.05) is 37.0 Å². The van der Waals surface area contributed by atoms with Crippen molar-refractivity contribution in [3.05, 3.63) is 29.3 Å². The van der Waals surface area contributed by atoms with E-state index in [4.69, 9.17) is 0 Å². The first-order valence-corrected chi connectivity index (χ1v) is 8.40. The Labute approximate surface area is 129 Å². The van der Waals surface area contributed by atoms with Gasteiger partial charge in [0, 0.05) is 31.6 Å². The van der Waals surface area contributed by atoms with Crippen LogP contribution >= 0.6 is 11.8 Å². The van der Waals surface area contributed by atoms with E-state index in [-0.39, 0.29) is 6.54 Å². The molecule has 0 saturated heterocycles. The Hall–Kier alpha value is -0.880. The van der Waals surface area contributed by atoms with Gasteiger partial charge < -0.3 is 10.2 Å².